The molecule has 0 radical (unpaired) electrons. The summed E-state index contributed by atoms with van der Waals surface area (Å²) >= 11 is 0. The predicted octanol–water partition coefficient (Wildman–Crippen LogP) is 2.66. The highest BCUT2D eigenvalue weighted by Gasteiger charge is 2.45. The topological polar surface area (TPSA) is 3.24 Å². The molecular weight excluding hydrogens is 146 g/mol. The van der Waals surface area contributed by atoms with Crippen LogP contribution in [-0.2, 0) is 0 Å². The van der Waals surface area contributed by atoms with Crippen molar-refractivity contribution in [1.82, 2.24) is 4.90 Å². The number of rotatable bonds is 1. The van der Waals surface area contributed by atoms with Gasteiger partial charge in [-0.3, -0.25) is 0 Å². The van der Waals surface area contributed by atoms with Crippen LogP contribution in [0.3, 0.4) is 0 Å². The Morgan fingerprint density at radius 3 is 2.83 bits per heavy atom. The highest BCUT2D eigenvalue weighted by molar-refractivity contribution is 4.99. The molecule has 1 saturated carbocycles. The molecular formula is C11H21N. The quantitative estimate of drug-likeness (QED) is 0.580. The monoisotopic (exact) mass is 167 g/mol. The number of likely N-dealkylation sites (tertiary alicyclic amines) is 1. The molecule has 1 aliphatic heterocycles. The third kappa shape index (κ3) is 1.10. The number of hydrogen-bond acceptors (Lipinski definition) is 1. The Hall–Kier alpha value is -0.0400. The molecule has 2 fully saturated rings. The van der Waals surface area contributed by atoms with Gasteiger partial charge >= 0.3 is 0 Å². The maximum atomic E-state index is 2.60. The van der Waals surface area contributed by atoms with Gasteiger partial charge in [0.2, 0.25) is 0 Å². The van der Waals surface area contributed by atoms with Crippen molar-refractivity contribution in [3.8, 4) is 0 Å². The van der Waals surface area contributed by atoms with Crippen LogP contribution in [0.5, 0.6) is 0 Å². The number of hydrogen-bond donors (Lipinski definition) is 0. The van der Waals surface area contributed by atoms with Crippen LogP contribution >= 0.6 is 0 Å². The maximum Gasteiger partial charge on any atom is 0.0149 e. The highest BCUT2D eigenvalue weighted by Crippen LogP contribution is 2.48. The first-order valence-electron chi connectivity index (χ1n) is 5.49. The Kier molecular flexibility index (Phi) is 2.16. The normalized spacial score (nSPS) is 43.0. The van der Waals surface area contributed by atoms with Crippen molar-refractivity contribution >= 4 is 0 Å². The minimum absolute atomic E-state index is 0.729. The lowest BCUT2D eigenvalue weighted by atomic mass is 9.69. The standard InChI is InChI=1S/C11H21N/c1-3-11-7-5-4-6-10(11)12(2)9-8-11/h10H,3-9H2,1-2H3. The predicted molar refractivity (Wildman–Crippen MR) is 52.2 cm³/mol. The van der Waals surface area contributed by atoms with Gasteiger partial charge in [-0.2, -0.15) is 0 Å². The zero-order valence-electron chi connectivity index (χ0n) is 8.47. The van der Waals surface area contributed by atoms with Crippen LogP contribution in [0.4, 0.5) is 0 Å². The third-order valence-corrected chi connectivity index (χ3v) is 4.31. The van der Waals surface area contributed by atoms with Gasteiger partial charge in [0.1, 0.15) is 0 Å². The fourth-order valence-electron chi connectivity index (χ4n) is 3.41. The van der Waals surface area contributed by atoms with Crippen molar-refractivity contribution in [2.75, 3.05) is 13.6 Å². The van der Waals surface area contributed by atoms with Crippen molar-refractivity contribution < 1.29 is 0 Å². The lowest BCUT2D eigenvalue weighted by Crippen LogP contribution is -2.39. The van der Waals surface area contributed by atoms with E-state index in [2.05, 4.69) is 18.9 Å². The van der Waals surface area contributed by atoms with Crippen LogP contribution in [0, 0.1) is 5.41 Å². The Bertz CT molecular complexity index is 162. The molecule has 2 aliphatic rings. The van der Waals surface area contributed by atoms with Crippen LogP contribution in [0.15, 0.2) is 0 Å². The highest BCUT2D eigenvalue weighted by atomic mass is 15.2. The maximum absolute atomic E-state index is 2.60. The summed E-state index contributed by atoms with van der Waals surface area (Å²) in [4.78, 5) is 2.60. The van der Waals surface area contributed by atoms with E-state index < -0.39 is 0 Å². The fourth-order valence-corrected chi connectivity index (χ4v) is 3.41. The van der Waals surface area contributed by atoms with Gasteiger partial charge in [0.25, 0.3) is 0 Å². The average molecular weight is 167 g/mol. The molecule has 2 atom stereocenters. The fraction of sp³-hybridized carbons (Fsp3) is 1.00. The van der Waals surface area contributed by atoms with E-state index in [4.69, 9.17) is 0 Å². The third-order valence-electron chi connectivity index (χ3n) is 4.31. The van der Waals surface area contributed by atoms with Gasteiger partial charge in [-0.15, -0.1) is 0 Å². The first-order valence-corrected chi connectivity index (χ1v) is 5.49. The first-order chi connectivity index (χ1) is 5.78. The summed E-state index contributed by atoms with van der Waals surface area (Å²) in [5.74, 6) is 0. The zero-order chi connectivity index (χ0) is 8.60. The molecule has 0 spiro atoms. The second-order valence-electron chi connectivity index (χ2n) is 4.71. The molecule has 1 heterocycles. The molecule has 70 valence electrons. The summed E-state index contributed by atoms with van der Waals surface area (Å²) in [6.07, 6.45) is 8.78. The van der Waals surface area contributed by atoms with Gasteiger partial charge in [-0.05, 0) is 44.7 Å². The van der Waals surface area contributed by atoms with Crippen molar-refractivity contribution in [3.05, 3.63) is 0 Å². The minimum Gasteiger partial charge on any atom is -0.303 e. The van der Waals surface area contributed by atoms with Crippen molar-refractivity contribution in [2.24, 2.45) is 5.41 Å². The second kappa shape index (κ2) is 3.02. The van der Waals surface area contributed by atoms with Gasteiger partial charge in [-0.25, -0.2) is 0 Å². The Morgan fingerprint density at radius 1 is 1.33 bits per heavy atom. The Morgan fingerprint density at radius 2 is 2.17 bits per heavy atom. The molecule has 0 bridgehead atoms. The largest absolute Gasteiger partial charge is 0.303 e. The molecule has 12 heavy (non-hydrogen) atoms. The molecule has 1 nitrogen and oxygen atoms in total. The summed E-state index contributed by atoms with van der Waals surface area (Å²) in [6, 6.07) is 0.927. The Balaban J connectivity index is 2.16. The van der Waals surface area contributed by atoms with E-state index in [9.17, 15) is 0 Å². The van der Waals surface area contributed by atoms with Gasteiger partial charge in [-0.1, -0.05) is 19.8 Å². The summed E-state index contributed by atoms with van der Waals surface area (Å²) < 4.78 is 0. The molecule has 0 aromatic rings. The van der Waals surface area contributed by atoms with E-state index in [1.54, 1.807) is 0 Å². The summed E-state index contributed by atoms with van der Waals surface area (Å²) in [7, 11) is 2.31. The van der Waals surface area contributed by atoms with E-state index in [1.807, 2.05) is 0 Å². The summed E-state index contributed by atoms with van der Waals surface area (Å²) in [6.45, 7) is 3.73. The van der Waals surface area contributed by atoms with Crippen molar-refractivity contribution in [1.29, 1.82) is 0 Å². The second-order valence-corrected chi connectivity index (χ2v) is 4.71. The lowest BCUT2D eigenvalue weighted by molar-refractivity contribution is 0.111. The molecule has 2 unspecified atom stereocenters. The van der Waals surface area contributed by atoms with Crippen molar-refractivity contribution in [2.45, 2.75) is 51.5 Å². The molecule has 0 aromatic heterocycles. The van der Waals surface area contributed by atoms with E-state index in [-0.39, 0.29) is 0 Å². The van der Waals surface area contributed by atoms with Crippen LogP contribution in [0.1, 0.15) is 45.4 Å². The van der Waals surface area contributed by atoms with E-state index in [0.29, 0.717) is 0 Å². The molecule has 2 rings (SSSR count). The average Bonchev–Trinajstić information content (AvgIpc) is 2.46. The zero-order valence-corrected chi connectivity index (χ0v) is 8.47. The van der Waals surface area contributed by atoms with E-state index in [1.165, 1.54) is 45.1 Å². The molecule has 1 heteroatoms. The summed E-state index contributed by atoms with van der Waals surface area (Å²) in [5.41, 5.74) is 0.729. The smallest absolute Gasteiger partial charge is 0.0149 e. The van der Waals surface area contributed by atoms with Crippen molar-refractivity contribution in [3.63, 3.8) is 0 Å². The van der Waals surface area contributed by atoms with Gasteiger partial charge in [0.15, 0.2) is 0 Å². The van der Waals surface area contributed by atoms with E-state index >= 15 is 0 Å². The lowest BCUT2D eigenvalue weighted by Gasteiger charge is -2.40. The number of fused-ring (bicyclic) bond motifs is 1. The van der Waals surface area contributed by atoms with Crippen LogP contribution in [0.2, 0.25) is 0 Å². The van der Waals surface area contributed by atoms with E-state index in [0.717, 1.165) is 11.5 Å². The first kappa shape index (κ1) is 8.55. The molecule has 0 amide bonds. The molecule has 1 saturated heterocycles. The van der Waals surface area contributed by atoms with Gasteiger partial charge < -0.3 is 4.90 Å². The molecule has 0 aromatic carbocycles. The van der Waals surface area contributed by atoms with Gasteiger partial charge in [0, 0.05) is 6.04 Å². The molecule has 1 aliphatic carbocycles. The SMILES string of the molecule is CCC12CCCCC1N(C)CC2. The van der Waals surface area contributed by atoms with Crippen LogP contribution in [-0.4, -0.2) is 24.5 Å². The van der Waals surface area contributed by atoms with Crippen LogP contribution in [0.25, 0.3) is 0 Å². The number of nitrogens with zero attached hydrogens (tertiary/aromatic N) is 1. The summed E-state index contributed by atoms with van der Waals surface area (Å²) in [5, 5.41) is 0. The van der Waals surface area contributed by atoms with Gasteiger partial charge in [0.05, 0.1) is 0 Å². The molecule has 0 N–H and O–H groups in total. The minimum atomic E-state index is 0.729. The Labute approximate surface area is 76.1 Å². The van der Waals surface area contributed by atoms with Crippen LogP contribution < -0.4 is 0 Å².